The number of carbonyl (C=O) groups excluding carboxylic acids is 2. The quantitative estimate of drug-likeness (QED) is 0.319. The van der Waals surface area contributed by atoms with E-state index in [4.69, 9.17) is 5.73 Å². The molecule has 2 fully saturated rings. The SMILES string of the molecule is C=CC[C@@]12CC(=O)N1C(C(=O)O)(C(C)O)C(SCCOC(N)=O)S2. The molecule has 0 radical (unpaired) electrons. The number of aliphatic hydroxyl groups is 1. The van der Waals surface area contributed by atoms with Crippen molar-refractivity contribution in [1.82, 2.24) is 4.90 Å². The molecule has 2 aliphatic heterocycles. The molecule has 4 atom stereocenters. The van der Waals surface area contributed by atoms with E-state index in [-0.39, 0.29) is 18.9 Å². The summed E-state index contributed by atoms with van der Waals surface area (Å²) in [6.45, 7) is 5.08. The van der Waals surface area contributed by atoms with Crippen LogP contribution in [0.15, 0.2) is 12.7 Å². The summed E-state index contributed by atoms with van der Waals surface area (Å²) in [7, 11) is 0. The summed E-state index contributed by atoms with van der Waals surface area (Å²) < 4.78 is 4.04. The summed E-state index contributed by atoms with van der Waals surface area (Å²) in [5.41, 5.74) is 3.16. The van der Waals surface area contributed by atoms with Gasteiger partial charge in [-0.25, -0.2) is 9.59 Å². The van der Waals surface area contributed by atoms with Crippen LogP contribution in [0.25, 0.3) is 0 Å². The molecule has 2 heterocycles. The van der Waals surface area contributed by atoms with Crippen molar-refractivity contribution in [3.8, 4) is 0 Å². The van der Waals surface area contributed by atoms with Gasteiger partial charge >= 0.3 is 12.1 Å². The molecule has 10 heteroatoms. The molecule has 0 spiro atoms. The minimum atomic E-state index is -1.74. The molecule has 0 bridgehead atoms. The summed E-state index contributed by atoms with van der Waals surface area (Å²) in [4.78, 5) is 35.5. The number of amides is 2. The first-order valence-electron chi connectivity index (χ1n) is 7.29. The number of carboxylic acids is 1. The van der Waals surface area contributed by atoms with Gasteiger partial charge in [-0.3, -0.25) is 4.79 Å². The van der Waals surface area contributed by atoms with Crippen LogP contribution in [0.3, 0.4) is 0 Å². The number of primary amides is 1. The van der Waals surface area contributed by atoms with Crippen LogP contribution >= 0.6 is 23.5 Å². The van der Waals surface area contributed by atoms with Crippen molar-refractivity contribution in [2.24, 2.45) is 5.73 Å². The lowest BCUT2D eigenvalue weighted by Crippen LogP contribution is -2.73. The third kappa shape index (κ3) is 2.76. The van der Waals surface area contributed by atoms with Gasteiger partial charge in [-0.15, -0.1) is 30.1 Å². The van der Waals surface area contributed by atoms with Gasteiger partial charge in [-0.1, -0.05) is 6.08 Å². The predicted octanol–water partition coefficient (Wildman–Crippen LogP) is 0.597. The number of thioether (sulfide) groups is 2. The molecule has 2 aliphatic rings. The number of nitrogens with zero attached hydrogens (tertiary/aromatic N) is 1. The topological polar surface area (TPSA) is 130 Å². The lowest BCUT2D eigenvalue weighted by molar-refractivity contribution is -0.180. The summed E-state index contributed by atoms with van der Waals surface area (Å²) in [6.07, 6.45) is 0.106. The number of fused-ring (bicyclic) bond motifs is 1. The van der Waals surface area contributed by atoms with Crippen LogP contribution in [0.2, 0.25) is 0 Å². The number of ether oxygens (including phenoxy) is 1. The Kier molecular flexibility index (Phi) is 5.41. The molecule has 0 aromatic carbocycles. The molecule has 134 valence electrons. The van der Waals surface area contributed by atoms with E-state index in [9.17, 15) is 24.6 Å². The summed E-state index contributed by atoms with van der Waals surface area (Å²) in [5, 5.41) is 20.1. The Morgan fingerprint density at radius 2 is 2.33 bits per heavy atom. The fourth-order valence-electron chi connectivity index (χ4n) is 3.22. The Morgan fingerprint density at radius 3 is 2.79 bits per heavy atom. The van der Waals surface area contributed by atoms with Crippen LogP contribution in [0.5, 0.6) is 0 Å². The zero-order chi connectivity index (χ0) is 18.1. The number of aliphatic carboxylic acids is 1. The van der Waals surface area contributed by atoms with Gasteiger partial charge in [0.15, 0.2) is 5.54 Å². The second kappa shape index (κ2) is 6.85. The van der Waals surface area contributed by atoms with Gasteiger partial charge < -0.3 is 25.6 Å². The van der Waals surface area contributed by atoms with Crippen LogP contribution < -0.4 is 5.73 Å². The van der Waals surface area contributed by atoms with Crippen molar-refractivity contribution in [2.75, 3.05) is 12.4 Å². The maximum atomic E-state index is 12.2. The average Bonchev–Trinajstić information content (AvgIpc) is 2.69. The fourth-order valence-corrected chi connectivity index (χ4v) is 7.13. The van der Waals surface area contributed by atoms with E-state index in [1.807, 2.05) is 0 Å². The van der Waals surface area contributed by atoms with Crippen molar-refractivity contribution in [1.29, 1.82) is 0 Å². The first-order valence-corrected chi connectivity index (χ1v) is 9.22. The molecule has 24 heavy (non-hydrogen) atoms. The number of β-lactam (4-membered cyclic amide) rings is 1. The number of rotatable bonds is 8. The molecular formula is C14H20N2O6S2. The molecule has 2 saturated heterocycles. The maximum Gasteiger partial charge on any atom is 0.404 e. The first kappa shape index (κ1) is 18.9. The van der Waals surface area contributed by atoms with Gasteiger partial charge in [-0.05, 0) is 13.3 Å². The zero-order valence-electron chi connectivity index (χ0n) is 13.1. The fraction of sp³-hybridized carbons (Fsp3) is 0.643. The Hall–Kier alpha value is -1.39. The number of hydrogen-bond donors (Lipinski definition) is 3. The highest BCUT2D eigenvalue weighted by Crippen LogP contribution is 2.63. The summed E-state index contributed by atoms with van der Waals surface area (Å²) >= 11 is 2.57. The highest BCUT2D eigenvalue weighted by atomic mass is 32.2. The van der Waals surface area contributed by atoms with E-state index >= 15 is 0 Å². The van der Waals surface area contributed by atoms with Crippen molar-refractivity contribution in [3.63, 3.8) is 0 Å². The van der Waals surface area contributed by atoms with Crippen molar-refractivity contribution < 1.29 is 29.3 Å². The predicted molar refractivity (Wildman–Crippen MR) is 90.4 cm³/mol. The first-order chi connectivity index (χ1) is 11.2. The van der Waals surface area contributed by atoms with E-state index < -0.39 is 33.2 Å². The Labute approximate surface area is 147 Å². The number of carbonyl (C=O) groups is 3. The smallest absolute Gasteiger partial charge is 0.404 e. The lowest BCUT2D eigenvalue weighted by atomic mass is 9.84. The molecule has 2 amide bonds. The molecule has 2 rings (SSSR count). The van der Waals surface area contributed by atoms with Crippen molar-refractivity contribution >= 4 is 41.5 Å². The summed E-state index contributed by atoms with van der Waals surface area (Å²) in [6, 6.07) is 0. The Bertz CT molecular complexity index is 567. The number of aliphatic hydroxyl groups excluding tert-OH is 1. The molecule has 4 N–H and O–H groups in total. The second-order valence-electron chi connectivity index (χ2n) is 5.64. The van der Waals surface area contributed by atoms with E-state index in [0.29, 0.717) is 12.2 Å². The third-order valence-electron chi connectivity index (χ3n) is 4.18. The minimum absolute atomic E-state index is 0.0228. The number of nitrogens with two attached hydrogens (primary N) is 1. The van der Waals surface area contributed by atoms with Crippen LogP contribution in [0.4, 0.5) is 4.79 Å². The van der Waals surface area contributed by atoms with Gasteiger partial charge in [0.25, 0.3) is 0 Å². The molecule has 8 nitrogen and oxygen atoms in total. The van der Waals surface area contributed by atoms with Crippen LogP contribution in [0, 0.1) is 0 Å². The third-order valence-corrected chi connectivity index (χ3v) is 7.45. The largest absolute Gasteiger partial charge is 0.479 e. The van der Waals surface area contributed by atoms with Crippen molar-refractivity contribution in [2.45, 2.75) is 40.9 Å². The number of hydrogen-bond acceptors (Lipinski definition) is 7. The van der Waals surface area contributed by atoms with E-state index in [2.05, 4.69) is 11.3 Å². The van der Waals surface area contributed by atoms with E-state index in [1.54, 1.807) is 6.08 Å². The average molecular weight is 376 g/mol. The minimum Gasteiger partial charge on any atom is -0.479 e. The molecule has 0 aromatic rings. The number of carboxylic acid groups (broad SMARTS) is 1. The molecule has 3 unspecified atom stereocenters. The van der Waals surface area contributed by atoms with Crippen molar-refractivity contribution in [3.05, 3.63) is 12.7 Å². The highest BCUT2D eigenvalue weighted by Gasteiger charge is 2.73. The van der Waals surface area contributed by atoms with Gasteiger partial charge in [0.05, 0.1) is 17.1 Å². The Balaban J connectivity index is 2.29. The molecule has 0 aromatic heterocycles. The van der Waals surface area contributed by atoms with Gasteiger partial charge in [-0.2, -0.15) is 0 Å². The zero-order valence-corrected chi connectivity index (χ0v) is 14.8. The lowest BCUT2D eigenvalue weighted by Gasteiger charge is -2.52. The maximum absolute atomic E-state index is 12.2. The van der Waals surface area contributed by atoms with E-state index in [1.165, 1.54) is 35.3 Å². The molecule has 0 aliphatic carbocycles. The highest BCUT2D eigenvalue weighted by molar-refractivity contribution is 8.18. The van der Waals surface area contributed by atoms with Crippen LogP contribution in [0.1, 0.15) is 19.8 Å². The second-order valence-corrected chi connectivity index (χ2v) is 8.62. The van der Waals surface area contributed by atoms with E-state index in [0.717, 1.165) is 0 Å². The van der Waals surface area contributed by atoms with Crippen LogP contribution in [-0.4, -0.2) is 66.5 Å². The van der Waals surface area contributed by atoms with Crippen LogP contribution in [-0.2, 0) is 14.3 Å². The molecule has 0 saturated carbocycles. The van der Waals surface area contributed by atoms with Gasteiger partial charge in [0.2, 0.25) is 5.91 Å². The van der Waals surface area contributed by atoms with Gasteiger partial charge in [0.1, 0.15) is 11.5 Å². The standard InChI is InChI=1S/C14H20N2O6S2/c1-3-4-13-7-9(18)16(13)14(8(2)17,10(19)20)11(24-13)23-6-5-22-12(15)21/h3,8,11,17H,1,4-7H2,2H3,(H2,15,21)(H,19,20)/t8?,11?,13-,14?/m1/s1. The Morgan fingerprint density at radius 1 is 1.67 bits per heavy atom. The summed E-state index contributed by atoms with van der Waals surface area (Å²) in [5.74, 6) is -1.25. The normalized spacial score (nSPS) is 32.7. The monoisotopic (exact) mass is 376 g/mol. The van der Waals surface area contributed by atoms with Gasteiger partial charge in [0, 0.05) is 5.75 Å². The molecular weight excluding hydrogens is 356 g/mol.